The summed E-state index contributed by atoms with van der Waals surface area (Å²) in [5.41, 5.74) is 0.160. The molecule has 1 aromatic carbocycles. The zero-order valence-corrected chi connectivity index (χ0v) is 12.6. The molecule has 0 bridgehead atoms. The van der Waals surface area contributed by atoms with Crippen molar-refractivity contribution in [3.05, 3.63) is 34.6 Å². The molecule has 3 rings (SSSR count). The molecule has 2 fully saturated rings. The third-order valence-electron chi connectivity index (χ3n) is 4.68. The molecule has 4 nitrogen and oxygen atoms in total. The molecule has 1 aromatic rings. The number of aliphatic carboxylic acids is 1. The number of likely N-dealkylation sites (tertiary alicyclic amines) is 2. The second-order valence-electron chi connectivity index (χ2n) is 6.26. The molecule has 2 heterocycles. The van der Waals surface area contributed by atoms with E-state index in [0.717, 1.165) is 18.7 Å². The van der Waals surface area contributed by atoms with Gasteiger partial charge < -0.3 is 10.0 Å². The number of rotatable bonds is 3. The van der Waals surface area contributed by atoms with Gasteiger partial charge in [-0.1, -0.05) is 17.7 Å². The molecule has 0 saturated carbocycles. The molecule has 21 heavy (non-hydrogen) atoms. The number of fused-ring (bicyclic) bond motifs is 1. The van der Waals surface area contributed by atoms with Gasteiger partial charge in [0, 0.05) is 43.7 Å². The number of hydrogen-bond acceptors (Lipinski definition) is 3. The predicted octanol–water partition coefficient (Wildman–Crippen LogP) is 1.93. The Balaban J connectivity index is 1.77. The van der Waals surface area contributed by atoms with Gasteiger partial charge in [0.1, 0.15) is 5.82 Å². The van der Waals surface area contributed by atoms with Gasteiger partial charge in [0.25, 0.3) is 0 Å². The smallest absolute Gasteiger partial charge is 0.312 e. The molecule has 2 aliphatic heterocycles. The summed E-state index contributed by atoms with van der Waals surface area (Å²) >= 11 is 6.06. The highest BCUT2D eigenvalue weighted by Gasteiger charge is 2.56. The van der Waals surface area contributed by atoms with Crippen LogP contribution in [-0.4, -0.2) is 54.1 Å². The summed E-state index contributed by atoms with van der Waals surface area (Å²) in [6.07, 6.45) is 0. The minimum atomic E-state index is -0.718. The Hall–Kier alpha value is -1.17. The van der Waals surface area contributed by atoms with E-state index in [2.05, 4.69) is 9.80 Å². The molecule has 114 valence electrons. The van der Waals surface area contributed by atoms with Crippen LogP contribution >= 0.6 is 11.6 Å². The minimum Gasteiger partial charge on any atom is -0.481 e. The number of halogens is 2. The van der Waals surface area contributed by atoms with Gasteiger partial charge in [-0.15, -0.1) is 0 Å². The monoisotopic (exact) mass is 312 g/mol. The number of carboxylic acids is 1. The summed E-state index contributed by atoms with van der Waals surface area (Å²) < 4.78 is 13.1. The average Bonchev–Trinajstić information content (AvgIpc) is 2.86. The lowest BCUT2D eigenvalue weighted by molar-refractivity contribution is -0.148. The number of benzene rings is 1. The lowest BCUT2D eigenvalue weighted by Crippen LogP contribution is -2.40. The minimum absolute atomic E-state index is 0.138. The Morgan fingerprint density at radius 2 is 2.24 bits per heavy atom. The second kappa shape index (κ2) is 5.23. The predicted molar refractivity (Wildman–Crippen MR) is 77.7 cm³/mol. The summed E-state index contributed by atoms with van der Waals surface area (Å²) in [5, 5.41) is 10.0. The van der Waals surface area contributed by atoms with E-state index >= 15 is 0 Å². The van der Waals surface area contributed by atoms with Crippen molar-refractivity contribution < 1.29 is 14.3 Å². The standard InChI is InChI=1S/C15H18ClFN2O2/c1-18-6-11-7-19(9-15(11,8-18)14(20)21)5-10-2-3-12(17)4-13(10)16/h2-4,11H,5-9H2,1H3,(H,20,21)/t11-,15-/m0/s1. The molecule has 0 aromatic heterocycles. The summed E-state index contributed by atoms with van der Waals surface area (Å²) in [6, 6.07) is 4.36. The third-order valence-corrected chi connectivity index (χ3v) is 5.04. The molecule has 0 aliphatic carbocycles. The lowest BCUT2D eigenvalue weighted by Gasteiger charge is -2.24. The van der Waals surface area contributed by atoms with E-state index in [1.165, 1.54) is 12.1 Å². The van der Waals surface area contributed by atoms with E-state index in [0.29, 0.717) is 24.7 Å². The summed E-state index contributed by atoms with van der Waals surface area (Å²) in [7, 11) is 1.96. The molecule has 6 heteroatoms. The van der Waals surface area contributed by atoms with Crippen LogP contribution in [0, 0.1) is 17.2 Å². The number of nitrogens with zero attached hydrogens (tertiary/aromatic N) is 2. The number of carbonyl (C=O) groups is 1. The fourth-order valence-corrected chi connectivity index (χ4v) is 3.96. The normalized spacial score (nSPS) is 29.8. The van der Waals surface area contributed by atoms with E-state index in [4.69, 9.17) is 11.6 Å². The van der Waals surface area contributed by atoms with Crippen LogP contribution in [0.3, 0.4) is 0 Å². The van der Waals surface area contributed by atoms with Crippen LogP contribution in [0.15, 0.2) is 18.2 Å². The molecule has 0 radical (unpaired) electrons. The van der Waals surface area contributed by atoms with Crippen molar-refractivity contribution in [2.24, 2.45) is 11.3 Å². The Labute approximate surface area is 128 Å². The molecule has 0 spiro atoms. The number of hydrogen-bond donors (Lipinski definition) is 1. The quantitative estimate of drug-likeness (QED) is 0.926. The molecule has 0 unspecified atom stereocenters. The van der Waals surface area contributed by atoms with Crippen molar-refractivity contribution in [1.82, 2.24) is 9.80 Å². The van der Waals surface area contributed by atoms with Gasteiger partial charge >= 0.3 is 5.97 Å². The lowest BCUT2D eigenvalue weighted by atomic mass is 9.81. The Morgan fingerprint density at radius 1 is 1.48 bits per heavy atom. The van der Waals surface area contributed by atoms with Gasteiger partial charge in [-0.2, -0.15) is 0 Å². The van der Waals surface area contributed by atoms with Crippen molar-refractivity contribution in [3.63, 3.8) is 0 Å². The maximum atomic E-state index is 13.1. The summed E-state index contributed by atoms with van der Waals surface area (Å²) in [4.78, 5) is 15.9. The SMILES string of the molecule is CN1C[C@H]2CN(Cc3ccc(F)cc3Cl)C[C@@]2(C(=O)O)C1. The van der Waals surface area contributed by atoms with E-state index in [9.17, 15) is 14.3 Å². The zero-order chi connectivity index (χ0) is 15.2. The average molecular weight is 313 g/mol. The molecule has 1 N–H and O–H groups in total. The summed E-state index contributed by atoms with van der Waals surface area (Å²) in [5.74, 6) is -0.936. The van der Waals surface area contributed by atoms with Crippen LogP contribution in [0.2, 0.25) is 5.02 Å². The van der Waals surface area contributed by atoms with Crippen LogP contribution < -0.4 is 0 Å². The molecule has 2 atom stereocenters. The highest BCUT2D eigenvalue weighted by atomic mass is 35.5. The van der Waals surface area contributed by atoms with Gasteiger partial charge in [-0.25, -0.2) is 4.39 Å². The molecule has 2 saturated heterocycles. The van der Waals surface area contributed by atoms with Crippen LogP contribution in [0.25, 0.3) is 0 Å². The topological polar surface area (TPSA) is 43.8 Å². The zero-order valence-electron chi connectivity index (χ0n) is 11.9. The first-order valence-corrected chi connectivity index (χ1v) is 7.37. The summed E-state index contributed by atoms with van der Waals surface area (Å²) in [6.45, 7) is 3.21. The van der Waals surface area contributed by atoms with Crippen molar-refractivity contribution >= 4 is 17.6 Å². The molecule has 2 aliphatic rings. The Bertz CT molecular complexity index is 583. The van der Waals surface area contributed by atoms with E-state index < -0.39 is 11.4 Å². The largest absolute Gasteiger partial charge is 0.481 e. The van der Waals surface area contributed by atoms with E-state index in [-0.39, 0.29) is 11.7 Å². The van der Waals surface area contributed by atoms with Gasteiger partial charge in [0.2, 0.25) is 0 Å². The highest BCUT2D eigenvalue weighted by Crippen LogP contribution is 2.42. The van der Waals surface area contributed by atoms with Crippen molar-refractivity contribution in [1.29, 1.82) is 0 Å². The highest BCUT2D eigenvalue weighted by molar-refractivity contribution is 6.31. The fraction of sp³-hybridized carbons (Fsp3) is 0.533. The van der Waals surface area contributed by atoms with Crippen LogP contribution in [0.1, 0.15) is 5.56 Å². The maximum absolute atomic E-state index is 13.1. The van der Waals surface area contributed by atoms with E-state index in [1.54, 1.807) is 6.07 Å². The first-order chi connectivity index (χ1) is 9.90. The molecule has 0 amide bonds. The van der Waals surface area contributed by atoms with Crippen LogP contribution in [0.5, 0.6) is 0 Å². The van der Waals surface area contributed by atoms with Crippen molar-refractivity contribution in [2.75, 3.05) is 33.2 Å². The number of carboxylic acid groups (broad SMARTS) is 1. The Morgan fingerprint density at radius 3 is 2.86 bits per heavy atom. The van der Waals surface area contributed by atoms with Gasteiger partial charge in [-0.05, 0) is 24.7 Å². The van der Waals surface area contributed by atoms with Crippen molar-refractivity contribution in [3.8, 4) is 0 Å². The third kappa shape index (κ3) is 2.54. The molecular formula is C15H18ClFN2O2. The van der Waals surface area contributed by atoms with Gasteiger partial charge in [0.05, 0.1) is 5.41 Å². The molecular weight excluding hydrogens is 295 g/mol. The second-order valence-corrected chi connectivity index (χ2v) is 6.67. The van der Waals surface area contributed by atoms with Crippen LogP contribution in [0.4, 0.5) is 4.39 Å². The van der Waals surface area contributed by atoms with Crippen molar-refractivity contribution in [2.45, 2.75) is 6.54 Å². The maximum Gasteiger partial charge on any atom is 0.312 e. The van der Waals surface area contributed by atoms with E-state index in [1.807, 2.05) is 7.05 Å². The fourth-order valence-electron chi connectivity index (χ4n) is 3.73. The van der Waals surface area contributed by atoms with Gasteiger partial charge in [0.15, 0.2) is 0 Å². The van der Waals surface area contributed by atoms with Crippen LogP contribution in [-0.2, 0) is 11.3 Å². The Kier molecular flexibility index (Phi) is 3.67. The first-order valence-electron chi connectivity index (χ1n) is 6.99. The van der Waals surface area contributed by atoms with Gasteiger partial charge in [-0.3, -0.25) is 9.69 Å². The first kappa shape index (κ1) is 14.8.